The van der Waals surface area contributed by atoms with E-state index < -0.39 is 5.97 Å². The summed E-state index contributed by atoms with van der Waals surface area (Å²) in [6, 6.07) is 0.533. The number of hydrogen-bond donors (Lipinski definition) is 1. The van der Waals surface area contributed by atoms with Gasteiger partial charge in [-0.3, -0.25) is 0 Å². The van der Waals surface area contributed by atoms with E-state index in [1.165, 1.54) is 6.42 Å². The SMILES string of the molecule is O.O=C(O)C1=CCCC2CCN12. The van der Waals surface area contributed by atoms with Crippen LogP contribution in [0.15, 0.2) is 11.8 Å². The van der Waals surface area contributed by atoms with Gasteiger partial charge in [0.15, 0.2) is 0 Å². The second kappa shape index (κ2) is 3.15. The zero-order valence-corrected chi connectivity index (χ0v) is 6.79. The number of allylic oxidation sites excluding steroid dienone is 1. The Morgan fingerprint density at radius 2 is 2.33 bits per heavy atom. The van der Waals surface area contributed by atoms with Gasteiger partial charge in [0.2, 0.25) is 0 Å². The number of rotatable bonds is 1. The highest BCUT2D eigenvalue weighted by molar-refractivity contribution is 5.86. The van der Waals surface area contributed by atoms with E-state index in [2.05, 4.69) is 0 Å². The van der Waals surface area contributed by atoms with Crippen LogP contribution >= 0.6 is 0 Å². The van der Waals surface area contributed by atoms with Crippen molar-refractivity contribution in [3.8, 4) is 0 Å². The van der Waals surface area contributed by atoms with Crippen LogP contribution in [0.5, 0.6) is 0 Å². The molecule has 2 rings (SSSR count). The van der Waals surface area contributed by atoms with Crippen molar-refractivity contribution in [1.82, 2.24) is 4.90 Å². The number of fused-ring (bicyclic) bond motifs is 1. The zero-order chi connectivity index (χ0) is 7.84. The van der Waals surface area contributed by atoms with E-state index in [-0.39, 0.29) is 5.48 Å². The average Bonchev–Trinajstić information content (AvgIpc) is 1.90. The number of carbonyl (C=O) groups is 1. The van der Waals surface area contributed by atoms with Gasteiger partial charge in [-0.1, -0.05) is 6.08 Å². The van der Waals surface area contributed by atoms with Crippen molar-refractivity contribution in [2.75, 3.05) is 6.54 Å². The Morgan fingerprint density at radius 3 is 2.75 bits per heavy atom. The highest BCUT2D eigenvalue weighted by atomic mass is 16.4. The quantitative estimate of drug-likeness (QED) is 0.603. The fraction of sp³-hybridized carbons (Fsp3) is 0.625. The van der Waals surface area contributed by atoms with E-state index in [0.717, 1.165) is 19.4 Å². The van der Waals surface area contributed by atoms with Crippen molar-refractivity contribution < 1.29 is 15.4 Å². The third kappa shape index (κ3) is 1.18. The normalized spacial score (nSPS) is 26.2. The second-order valence-corrected chi connectivity index (χ2v) is 3.11. The summed E-state index contributed by atoms with van der Waals surface area (Å²) in [7, 11) is 0. The molecule has 1 atom stereocenters. The molecule has 12 heavy (non-hydrogen) atoms. The Labute approximate surface area is 70.8 Å². The highest BCUT2D eigenvalue weighted by Gasteiger charge is 2.34. The molecular weight excluding hydrogens is 158 g/mol. The van der Waals surface area contributed by atoms with Gasteiger partial charge in [0.25, 0.3) is 0 Å². The number of carboxylic acids is 1. The van der Waals surface area contributed by atoms with Gasteiger partial charge in [-0.15, -0.1) is 0 Å². The second-order valence-electron chi connectivity index (χ2n) is 3.11. The molecule has 2 aliphatic rings. The monoisotopic (exact) mass is 171 g/mol. The van der Waals surface area contributed by atoms with Gasteiger partial charge in [-0.25, -0.2) is 4.79 Å². The molecule has 2 aliphatic heterocycles. The number of nitrogens with zero attached hydrogens (tertiary/aromatic N) is 1. The van der Waals surface area contributed by atoms with E-state index in [9.17, 15) is 4.79 Å². The van der Waals surface area contributed by atoms with Crippen molar-refractivity contribution in [3.63, 3.8) is 0 Å². The molecule has 68 valence electrons. The highest BCUT2D eigenvalue weighted by Crippen LogP contribution is 2.30. The molecule has 0 spiro atoms. The smallest absolute Gasteiger partial charge is 0.351 e. The lowest BCUT2D eigenvalue weighted by atomic mass is 9.93. The number of aliphatic carboxylic acids is 1. The largest absolute Gasteiger partial charge is 0.477 e. The maximum absolute atomic E-state index is 10.6. The molecule has 0 aromatic carbocycles. The molecule has 2 heterocycles. The average molecular weight is 171 g/mol. The molecule has 4 heteroatoms. The standard InChI is InChI=1S/C8H11NO2.H2O/c10-8(11)7-3-1-2-6-4-5-9(6)7;/h3,6H,1-2,4-5H2,(H,10,11);1H2. The molecule has 0 aliphatic carbocycles. The molecule has 0 aromatic rings. The Bertz CT molecular complexity index is 224. The zero-order valence-electron chi connectivity index (χ0n) is 6.79. The van der Waals surface area contributed by atoms with Crippen molar-refractivity contribution in [2.45, 2.75) is 25.3 Å². The summed E-state index contributed by atoms with van der Waals surface area (Å²) < 4.78 is 0. The van der Waals surface area contributed by atoms with Crippen LogP contribution in [0, 0.1) is 0 Å². The molecule has 0 bridgehead atoms. The van der Waals surface area contributed by atoms with Crippen molar-refractivity contribution in [3.05, 3.63) is 11.8 Å². The van der Waals surface area contributed by atoms with E-state index in [1.54, 1.807) is 0 Å². The van der Waals surface area contributed by atoms with Gasteiger partial charge in [0.05, 0.1) is 0 Å². The van der Waals surface area contributed by atoms with Gasteiger partial charge in [0.1, 0.15) is 5.70 Å². The Kier molecular flexibility index (Phi) is 2.38. The van der Waals surface area contributed by atoms with Crippen LogP contribution in [0.4, 0.5) is 0 Å². The van der Waals surface area contributed by atoms with Crippen LogP contribution in [0.1, 0.15) is 19.3 Å². The molecule has 0 aromatic heterocycles. The van der Waals surface area contributed by atoms with Gasteiger partial charge < -0.3 is 15.5 Å². The maximum Gasteiger partial charge on any atom is 0.351 e. The lowest BCUT2D eigenvalue weighted by molar-refractivity contribution is -0.136. The van der Waals surface area contributed by atoms with Crippen LogP contribution < -0.4 is 0 Å². The maximum atomic E-state index is 10.6. The lowest BCUT2D eigenvalue weighted by Gasteiger charge is -2.45. The molecular formula is C8H13NO3. The van der Waals surface area contributed by atoms with Crippen LogP contribution in [0.3, 0.4) is 0 Å². The van der Waals surface area contributed by atoms with E-state index >= 15 is 0 Å². The van der Waals surface area contributed by atoms with Gasteiger partial charge in [0, 0.05) is 12.6 Å². The molecule has 1 unspecified atom stereocenters. The Morgan fingerprint density at radius 1 is 1.58 bits per heavy atom. The minimum atomic E-state index is -0.769. The predicted molar refractivity (Wildman–Crippen MR) is 43.7 cm³/mol. The van der Waals surface area contributed by atoms with Crippen LogP contribution in [0.25, 0.3) is 0 Å². The minimum Gasteiger partial charge on any atom is -0.477 e. The van der Waals surface area contributed by atoms with E-state index in [1.807, 2.05) is 11.0 Å². The summed E-state index contributed by atoms with van der Waals surface area (Å²) >= 11 is 0. The fourth-order valence-electron chi connectivity index (χ4n) is 1.80. The van der Waals surface area contributed by atoms with Crippen molar-refractivity contribution >= 4 is 5.97 Å². The summed E-state index contributed by atoms with van der Waals surface area (Å²) in [6.07, 6.45) is 5.07. The third-order valence-corrected chi connectivity index (χ3v) is 2.51. The van der Waals surface area contributed by atoms with Crippen LogP contribution in [-0.2, 0) is 4.79 Å². The Balaban J connectivity index is 0.000000720. The number of hydrogen-bond acceptors (Lipinski definition) is 2. The number of carboxylic acid groups (broad SMARTS) is 1. The summed E-state index contributed by atoms with van der Waals surface area (Å²) in [5, 5.41) is 8.75. The summed E-state index contributed by atoms with van der Waals surface area (Å²) in [5.41, 5.74) is 0.521. The first kappa shape index (κ1) is 9.06. The van der Waals surface area contributed by atoms with Gasteiger partial charge >= 0.3 is 5.97 Å². The van der Waals surface area contributed by atoms with Crippen molar-refractivity contribution in [2.24, 2.45) is 0 Å². The molecule has 1 fully saturated rings. The topological polar surface area (TPSA) is 72.0 Å². The molecule has 0 saturated carbocycles. The predicted octanol–water partition coefficient (Wildman–Crippen LogP) is -0.00170. The molecule has 1 saturated heterocycles. The van der Waals surface area contributed by atoms with Crippen LogP contribution in [-0.4, -0.2) is 34.0 Å². The Hall–Kier alpha value is -1.03. The molecule has 0 amide bonds. The van der Waals surface area contributed by atoms with Gasteiger partial charge in [-0.2, -0.15) is 0 Å². The van der Waals surface area contributed by atoms with Crippen molar-refractivity contribution in [1.29, 1.82) is 0 Å². The molecule has 4 nitrogen and oxygen atoms in total. The minimum absolute atomic E-state index is 0. The summed E-state index contributed by atoms with van der Waals surface area (Å²) in [4.78, 5) is 12.6. The summed E-state index contributed by atoms with van der Waals surface area (Å²) in [5.74, 6) is -0.769. The third-order valence-electron chi connectivity index (χ3n) is 2.51. The van der Waals surface area contributed by atoms with E-state index in [4.69, 9.17) is 5.11 Å². The first-order valence-corrected chi connectivity index (χ1v) is 3.99. The van der Waals surface area contributed by atoms with Gasteiger partial charge in [-0.05, 0) is 19.3 Å². The summed E-state index contributed by atoms with van der Waals surface area (Å²) in [6.45, 7) is 0.933. The fourth-order valence-corrected chi connectivity index (χ4v) is 1.80. The molecule has 0 radical (unpaired) electrons. The first-order chi connectivity index (χ1) is 5.29. The van der Waals surface area contributed by atoms with Crippen LogP contribution in [0.2, 0.25) is 0 Å². The lowest BCUT2D eigenvalue weighted by Crippen LogP contribution is -2.49. The van der Waals surface area contributed by atoms with E-state index in [0.29, 0.717) is 11.7 Å². The first-order valence-electron chi connectivity index (χ1n) is 3.99. The molecule has 3 N–H and O–H groups in total.